The molecule has 1 aromatic heterocycles. The van der Waals surface area contributed by atoms with Gasteiger partial charge in [0.15, 0.2) is 5.75 Å². The molecular weight excluding hydrogens is 378 g/mol. The molecule has 5 nitrogen and oxygen atoms in total. The van der Waals surface area contributed by atoms with Gasteiger partial charge in [0.05, 0.1) is 20.9 Å². The summed E-state index contributed by atoms with van der Waals surface area (Å²) in [6, 6.07) is 10.7. The number of fused-ring (bicyclic) bond motifs is 1. The van der Waals surface area contributed by atoms with E-state index in [1.165, 1.54) is 23.3 Å². The molecule has 130 valence electrons. The molecule has 0 spiro atoms. The molecule has 3 N–H and O–H groups in total. The standard InChI is InChI=1S/C17H16ClN3O2S2/c1-9(2)25-21-17(23)20-13-8-10(7-11(18)15(13)22)16-19-12-5-3-4-6-14(12)24-16/h3-9,22H,1-2H3,(H2,20,21,23). The van der Waals surface area contributed by atoms with E-state index >= 15 is 0 Å². The molecule has 2 amide bonds. The third-order valence-electron chi connectivity index (χ3n) is 3.24. The van der Waals surface area contributed by atoms with Crippen LogP contribution in [0, 0.1) is 0 Å². The lowest BCUT2D eigenvalue weighted by Gasteiger charge is -2.12. The molecule has 0 atom stereocenters. The van der Waals surface area contributed by atoms with E-state index in [0.717, 1.165) is 20.8 Å². The van der Waals surface area contributed by atoms with Crippen LogP contribution in [-0.4, -0.2) is 21.4 Å². The highest BCUT2D eigenvalue weighted by Crippen LogP contribution is 2.39. The quantitative estimate of drug-likeness (QED) is 0.404. The normalized spacial score (nSPS) is 11.0. The number of aromatic nitrogens is 1. The number of hydrogen-bond donors (Lipinski definition) is 3. The number of rotatable bonds is 4. The molecule has 0 radical (unpaired) electrons. The third kappa shape index (κ3) is 4.18. The predicted octanol–water partition coefficient (Wildman–Crippen LogP) is 5.50. The fourth-order valence-electron chi connectivity index (χ4n) is 2.13. The Bertz CT molecular complexity index is 894. The first-order valence-electron chi connectivity index (χ1n) is 7.55. The average molecular weight is 394 g/mol. The van der Waals surface area contributed by atoms with E-state index in [-0.39, 0.29) is 21.7 Å². The predicted molar refractivity (Wildman–Crippen MR) is 107 cm³/mol. The van der Waals surface area contributed by atoms with Crippen LogP contribution in [0.5, 0.6) is 5.75 Å². The zero-order valence-electron chi connectivity index (χ0n) is 13.5. The molecule has 2 aromatic carbocycles. The van der Waals surface area contributed by atoms with Gasteiger partial charge in [-0.2, -0.15) is 0 Å². The summed E-state index contributed by atoms with van der Waals surface area (Å²) in [5.74, 6) is -0.170. The van der Waals surface area contributed by atoms with Gasteiger partial charge in [-0.05, 0) is 36.2 Å². The van der Waals surface area contributed by atoms with E-state index in [0.29, 0.717) is 0 Å². The van der Waals surface area contributed by atoms with Crippen molar-refractivity contribution < 1.29 is 9.90 Å². The Morgan fingerprint density at radius 2 is 2.08 bits per heavy atom. The molecule has 0 unspecified atom stereocenters. The lowest BCUT2D eigenvalue weighted by molar-refractivity contribution is 0.257. The number of hydrogen-bond acceptors (Lipinski definition) is 5. The van der Waals surface area contributed by atoms with Crippen LogP contribution in [0.3, 0.4) is 0 Å². The second-order valence-electron chi connectivity index (χ2n) is 5.56. The highest BCUT2D eigenvalue weighted by atomic mass is 35.5. The molecule has 3 aromatic rings. The van der Waals surface area contributed by atoms with Crippen LogP contribution < -0.4 is 10.0 Å². The molecule has 0 bridgehead atoms. The molecule has 0 saturated carbocycles. The molecule has 0 aliphatic heterocycles. The smallest absolute Gasteiger partial charge is 0.329 e. The first-order chi connectivity index (χ1) is 11.9. The van der Waals surface area contributed by atoms with Gasteiger partial charge in [-0.15, -0.1) is 11.3 Å². The van der Waals surface area contributed by atoms with E-state index in [2.05, 4.69) is 15.0 Å². The molecule has 0 fully saturated rings. The van der Waals surface area contributed by atoms with Crippen LogP contribution in [0.15, 0.2) is 36.4 Å². The molecular formula is C17H16ClN3O2S2. The van der Waals surface area contributed by atoms with Crippen LogP contribution in [0.25, 0.3) is 20.8 Å². The summed E-state index contributed by atoms with van der Waals surface area (Å²) in [5, 5.41) is 13.9. The number of benzene rings is 2. The van der Waals surface area contributed by atoms with Crippen LogP contribution in [-0.2, 0) is 0 Å². The van der Waals surface area contributed by atoms with Gasteiger partial charge in [0, 0.05) is 10.8 Å². The first-order valence-corrected chi connectivity index (χ1v) is 9.62. The van der Waals surface area contributed by atoms with Crippen molar-refractivity contribution in [2.75, 3.05) is 5.32 Å². The van der Waals surface area contributed by atoms with Crippen molar-refractivity contribution in [1.29, 1.82) is 0 Å². The highest BCUT2D eigenvalue weighted by molar-refractivity contribution is 7.98. The number of nitrogens with one attached hydrogen (secondary N) is 2. The number of carbonyl (C=O) groups excluding carboxylic acids is 1. The molecule has 8 heteroatoms. The molecule has 0 aliphatic rings. The molecule has 0 aliphatic carbocycles. The summed E-state index contributed by atoms with van der Waals surface area (Å²) in [7, 11) is 0. The highest BCUT2D eigenvalue weighted by Gasteiger charge is 2.15. The Balaban J connectivity index is 1.91. The third-order valence-corrected chi connectivity index (χ3v) is 5.39. The fourth-order valence-corrected chi connectivity index (χ4v) is 3.70. The monoisotopic (exact) mass is 393 g/mol. The lowest BCUT2D eigenvalue weighted by Crippen LogP contribution is -2.24. The van der Waals surface area contributed by atoms with Gasteiger partial charge >= 0.3 is 6.03 Å². The van der Waals surface area contributed by atoms with Crippen molar-refractivity contribution in [3.05, 3.63) is 41.4 Å². The van der Waals surface area contributed by atoms with Gasteiger partial charge < -0.3 is 10.4 Å². The van der Waals surface area contributed by atoms with Gasteiger partial charge in [-0.25, -0.2) is 9.78 Å². The second kappa shape index (κ2) is 7.51. The van der Waals surface area contributed by atoms with Crippen LogP contribution >= 0.6 is 34.9 Å². The topological polar surface area (TPSA) is 74.2 Å². The van der Waals surface area contributed by atoms with Gasteiger partial charge in [0.25, 0.3) is 0 Å². The van der Waals surface area contributed by atoms with E-state index in [4.69, 9.17) is 11.6 Å². The van der Waals surface area contributed by atoms with Gasteiger partial charge in [-0.3, -0.25) is 4.72 Å². The number of halogens is 1. The van der Waals surface area contributed by atoms with Crippen LogP contribution in [0.2, 0.25) is 5.02 Å². The summed E-state index contributed by atoms with van der Waals surface area (Å²) in [6.45, 7) is 3.93. The van der Waals surface area contributed by atoms with Crippen molar-refractivity contribution in [2.45, 2.75) is 19.1 Å². The number of thiazole rings is 1. The Hall–Kier alpha value is -1.96. The van der Waals surface area contributed by atoms with Crippen molar-refractivity contribution >= 4 is 56.8 Å². The minimum absolute atomic E-state index is 0.156. The van der Waals surface area contributed by atoms with Gasteiger partial charge in [0.1, 0.15) is 5.01 Å². The SMILES string of the molecule is CC(C)SNC(=O)Nc1cc(-c2nc3ccccc3s2)cc(Cl)c1O. The first kappa shape index (κ1) is 17.8. The number of urea groups is 1. The maximum absolute atomic E-state index is 12.0. The Morgan fingerprint density at radius 1 is 1.32 bits per heavy atom. The van der Waals surface area contributed by atoms with E-state index in [1.807, 2.05) is 38.1 Å². The summed E-state index contributed by atoms with van der Waals surface area (Å²) in [6.07, 6.45) is 0. The molecule has 3 rings (SSSR count). The summed E-state index contributed by atoms with van der Waals surface area (Å²) in [5.41, 5.74) is 1.87. The van der Waals surface area contributed by atoms with E-state index in [9.17, 15) is 9.90 Å². The largest absolute Gasteiger partial charge is 0.504 e. The Kier molecular flexibility index (Phi) is 5.36. The maximum Gasteiger partial charge on any atom is 0.329 e. The van der Waals surface area contributed by atoms with Crippen LogP contribution in [0.4, 0.5) is 10.5 Å². The molecule has 1 heterocycles. The summed E-state index contributed by atoms with van der Waals surface area (Å²) >= 11 is 8.94. The lowest BCUT2D eigenvalue weighted by atomic mass is 10.2. The number of amides is 2. The second-order valence-corrected chi connectivity index (χ2v) is 8.38. The zero-order chi connectivity index (χ0) is 18.0. The van der Waals surface area contributed by atoms with Gasteiger partial charge in [0.2, 0.25) is 0 Å². The Labute approximate surface area is 158 Å². The average Bonchev–Trinajstić information content (AvgIpc) is 3.01. The van der Waals surface area contributed by atoms with Crippen molar-refractivity contribution in [3.63, 3.8) is 0 Å². The van der Waals surface area contributed by atoms with Crippen LogP contribution in [0.1, 0.15) is 13.8 Å². The van der Waals surface area contributed by atoms with Crippen molar-refractivity contribution in [1.82, 2.24) is 9.71 Å². The number of phenolic OH excluding ortho intramolecular Hbond substituents is 1. The molecule has 0 saturated heterocycles. The van der Waals surface area contributed by atoms with Crippen molar-refractivity contribution in [2.24, 2.45) is 0 Å². The minimum Gasteiger partial charge on any atom is -0.504 e. The number of nitrogens with zero attached hydrogens (tertiary/aromatic N) is 1. The zero-order valence-corrected chi connectivity index (χ0v) is 15.9. The van der Waals surface area contributed by atoms with E-state index < -0.39 is 6.03 Å². The van der Waals surface area contributed by atoms with Gasteiger partial charge in [-0.1, -0.05) is 37.6 Å². The molecule has 25 heavy (non-hydrogen) atoms. The summed E-state index contributed by atoms with van der Waals surface area (Å²) < 4.78 is 3.72. The number of para-hydroxylation sites is 1. The fraction of sp³-hybridized carbons (Fsp3) is 0.176. The van der Waals surface area contributed by atoms with Crippen molar-refractivity contribution in [3.8, 4) is 16.3 Å². The maximum atomic E-state index is 12.0. The number of aromatic hydroxyl groups is 1. The number of phenols is 1. The Morgan fingerprint density at radius 3 is 2.80 bits per heavy atom. The number of anilines is 1. The summed E-state index contributed by atoms with van der Waals surface area (Å²) in [4.78, 5) is 16.5. The number of carbonyl (C=O) groups is 1. The minimum atomic E-state index is -0.425. The van der Waals surface area contributed by atoms with E-state index in [1.54, 1.807) is 12.1 Å².